The Labute approximate surface area is 182 Å². The van der Waals surface area contributed by atoms with E-state index in [4.69, 9.17) is 0 Å². The van der Waals surface area contributed by atoms with Crippen molar-refractivity contribution in [2.45, 2.75) is 6.42 Å². The predicted molar refractivity (Wildman–Crippen MR) is 110 cm³/mol. The van der Waals surface area contributed by atoms with Crippen LogP contribution in [-0.4, -0.2) is 81.0 Å². The van der Waals surface area contributed by atoms with Crippen molar-refractivity contribution in [1.82, 2.24) is 19.7 Å². The zero-order valence-electron chi connectivity index (χ0n) is 17.0. The molecule has 2 aliphatic rings. The molecule has 0 radical (unpaired) electrons. The van der Waals surface area contributed by atoms with Crippen molar-refractivity contribution < 1.29 is 24.1 Å². The van der Waals surface area contributed by atoms with Gasteiger partial charge >= 0.3 is 0 Å². The van der Waals surface area contributed by atoms with Crippen molar-refractivity contribution in [2.75, 3.05) is 32.7 Å². The maximum Gasteiger partial charge on any atom is 0.270 e. The third-order valence-corrected chi connectivity index (χ3v) is 5.50. The summed E-state index contributed by atoms with van der Waals surface area (Å²) in [6, 6.07) is 6.78. The molecule has 0 N–H and O–H groups in total. The lowest BCUT2D eigenvalue weighted by molar-refractivity contribution is -0.384. The highest BCUT2D eigenvalue weighted by Gasteiger charge is 2.38. The van der Waals surface area contributed by atoms with Crippen LogP contribution in [0.3, 0.4) is 0 Å². The minimum Gasteiger partial charge on any atom is -0.339 e. The number of hydrogen-bond donors (Lipinski definition) is 0. The summed E-state index contributed by atoms with van der Waals surface area (Å²) in [6.07, 6.45) is 3.62. The summed E-state index contributed by atoms with van der Waals surface area (Å²) in [6.45, 7) is 0.961. The lowest BCUT2D eigenvalue weighted by atomic mass is 10.1. The molecular weight excluding hydrogens is 418 g/mol. The van der Waals surface area contributed by atoms with E-state index in [1.807, 2.05) is 0 Å². The molecule has 4 amide bonds. The van der Waals surface area contributed by atoms with E-state index in [0.29, 0.717) is 31.6 Å². The minimum atomic E-state index is -0.731. The van der Waals surface area contributed by atoms with Crippen LogP contribution in [0.15, 0.2) is 42.7 Å². The number of nitro benzene ring substituents is 1. The smallest absolute Gasteiger partial charge is 0.270 e. The highest BCUT2D eigenvalue weighted by molar-refractivity contribution is 6.22. The van der Waals surface area contributed by atoms with Gasteiger partial charge in [0.2, 0.25) is 5.91 Å². The second kappa shape index (κ2) is 8.53. The molecule has 0 bridgehead atoms. The molecule has 2 aromatic rings. The third kappa shape index (κ3) is 3.92. The molecule has 3 heterocycles. The van der Waals surface area contributed by atoms with Crippen molar-refractivity contribution in [1.29, 1.82) is 0 Å². The average Bonchev–Trinajstić information content (AvgIpc) is 2.97. The zero-order chi connectivity index (χ0) is 22.8. The van der Waals surface area contributed by atoms with Crippen LogP contribution in [0.4, 0.5) is 5.69 Å². The first-order valence-electron chi connectivity index (χ1n) is 9.98. The van der Waals surface area contributed by atoms with Gasteiger partial charge in [-0.1, -0.05) is 0 Å². The number of benzene rings is 1. The Morgan fingerprint density at radius 3 is 2.44 bits per heavy atom. The average molecular weight is 437 g/mol. The topological polar surface area (TPSA) is 134 Å². The molecule has 0 aliphatic carbocycles. The van der Waals surface area contributed by atoms with Gasteiger partial charge in [0, 0.05) is 50.7 Å². The van der Waals surface area contributed by atoms with E-state index in [-0.39, 0.29) is 29.3 Å². The van der Waals surface area contributed by atoms with Crippen molar-refractivity contribution in [3.63, 3.8) is 0 Å². The van der Waals surface area contributed by atoms with Gasteiger partial charge in [0.25, 0.3) is 23.4 Å². The number of rotatable bonds is 4. The molecule has 32 heavy (non-hydrogen) atoms. The van der Waals surface area contributed by atoms with E-state index < -0.39 is 29.2 Å². The van der Waals surface area contributed by atoms with E-state index in [2.05, 4.69) is 4.98 Å². The molecule has 164 valence electrons. The van der Waals surface area contributed by atoms with Crippen molar-refractivity contribution >= 4 is 29.3 Å². The summed E-state index contributed by atoms with van der Waals surface area (Å²) in [5, 5.41) is 11.0. The van der Waals surface area contributed by atoms with Crippen molar-refractivity contribution in [2.24, 2.45) is 0 Å². The largest absolute Gasteiger partial charge is 0.339 e. The summed E-state index contributed by atoms with van der Waals surface area (Å²) in [5.41, 5.74) is 0.120. The number of nitro groups is 1. The van der Waals surface area contributed by atoms with Crippen LogP contribution >= 0.6 is 0 Å². The minimum absolute atomic E-state index is 0.0394. The Bertz CT molecular complexity index is 1120. The number of pyridine rings is 1. The SMILES string of the molecule is O=C(CN1C(=O)c2ccc([N+](=O)[O-])cc2C1=O)N1CCCN(C(=O)c2cccnc2)CC1. The first-order chi connectivity index (χ1) is 15.4. The molecule has 2 aliphatic heterocycles. The van der Waals surface area contributed by atoms with Gasteiger partial charge in [-0.2, -0.15) is 0 Å². The number of nitrogens with zero attached hydrogens (tertiary/aromatic N) is 5. The number of carbonyl (C=O) groups excluding carboxylic acids is 4. The highest BCUT2D eigenvalue weighted by Crippen LogP contribution is 2.26. The number of imide groups is 1. The molecule has 1 fully saturated rings. The predicted octanol–water partition coefficient (Wildman–Crippen LogP) is 0.961. The van der Waals surface area contributed by atoms with Crippen LogP contribution in [0.25, 0.3) is 0 Å². The fourth-order valence-electron chi connectivity index (χ4n) is 3.81. The van der Waals surface area contributed by atoms with Gasteiger partial charge in [0.1, 0.15) is 6.54 Å². The fourth-order valence-corrected chi connectivity index (χ4v) is 3.81. The van der Waals surface area contributed by atoms with Crippen LogP contribution in [0.5, 0.6) is 0 Å². The van der Waals surface area contributed by atoms with Crippen LogP contribution in [0, 0.1) is 10.1 Å². The van der Waals surface area contributed by atoms with Gasteiger partial charge in [-0.25, -0.2) is 0 Å². The van der Waals surface area contributed by atoms with E-state index in [1.54, 1.807) is 23.2 Å². The molecule has 11 nitrogen and oxygen atoms in total. The zero-order valence-corrected chi connectivity index (χ0v) is 17.0. The number of non-ortho nitro benzene ring substituents is 1. The Hall–Kier alpha value is -4.15. The molecule has 11 heteroatoms. The molecular formula is C21H19N5O6. The van der Waals surface area contributed by atoms with Gasteiger partial charge < -0.3 is 9.80 Å². The molecule has 0 spiro atoms. The summed E-state index contributed by atoms with van der Waals surface area (Å²) in [4.78, 5) is 68.9. The second-order valence-electron chi connectivity index (χ2n) is 7.45. The van der Waals surface area contributed by atoms with Crippen molar-refractivity contribution in [3.8, 4) is 0 Å². The Morgan fingerprint density at radius 1 is 1.00 bits per heavy atom. The van der Waals surface area contributed by atoms with E-state index in [1.165, 1.54) is 17.2 Å². The van der Waals surface area contributed by atoms with Crippen molar-refractivity contribution in [3.05, 3.63) is 69.5 Å². The molecule has 1 aromatic carbocycles. The molecule has 1 saturated heterocycles. The number of carbonyl (C=O) groups is 4. The number of hydrogen-bond acceptors (Lipinski definition) is 7. The summed E-state index contributed by atoms with van der Waals surface area (Å²) in [5.74, 6) is -1.99. The number of fused-ring (bicyclic) bond motifs is 1. The van der Waals surface area contributed by atoms with Gasteiger partial charge in [-0.05, 0) is 24.6 Å². The lowest BCUT2D eigenvalue weighted by Crippen LogP contribution is -2.44. The van der Waals surface area contributed by atoms with E-state index in [9.17, 15) is 29.3 Å². The van der Waals surface area contributed by atoms with Crippen LogP contribution < -0.4 is 0 Å². The van der Waals surface area contributed by atoms with Crippen LogP contribution in [0.2, 0.25) is 0 Å². The number of amides is 4. The van der Waals surface area contributed by atoms with Gasteiger partial charge in [0.05, 0.1) is 21.6 Å². The molecule has 0 atom stereocenters. The van der Waals surface area contributed by atoms with Gasteiger partial charge in [-0.3, -0.25) is 39.2 Å². The van der Waals surface area contributed by atoms with Crippen LogP contribution in [-0.2, 0) is 4.79 Å². The monoisotopic (exact) mass is 437 g/mol. The van der Waals surface area contributed by atoms with E-state index in [0.717, 1.165) is 17.0 Å². The standard InChI is InChI=1S/C21H19N5O6/c27-18(13-25-20(29)16-5-4-15(26(31)32)11-17(16)21(25)30)23-7-2-8-24(10-9-23)19(28)14-3-1-6-22-12-14/h1,3-6,11-12H,2,7-10,13H2. The highest BCUT2D eigenvalue weighted by atomic mass is 16.6. The third-order valence-electron chi connectivity index (χ3n) is 5.50. The molecule has 4 rings (SSSR count). The molecule has 0 unspecified atom stereocenters. The normalized spacial score (nSPS) is 16.1. The Morgan fingerprint density at radius 2 is 1.72 bits per heavy atom. The number of aromatic nitrogens is 1. The maximum atomic E-state index is 12.8. The first kappa shape index (κ1) is 21.1. The maximum absolute atomic E-state index is 12.8. The molecule has 1 aromatic heterocycles. The summed E-state index contributed by atoms with van der Waals surface area (Å²) >= 11 is 0. The Balaban J connectivity index is 1.41. The molecule has 0 saturated carbocycles. The first-order valence-corrected chi connectivity index (χ1v) is 9.98. The fraction of sp³-hybridized carbons (Fsp3) is 0.286. The van der Waals surface area contributed by atoms with Gasteiger partial charge in [0.15, 0.2) is 0 Å². The lowest BCUT2D eigenvalue weighted by Gasteiger charge is -2.24. The second-order valence-corrected chi connectivity index (χ2v) is 7.45. The van der Waals surface area contributed by atoms with Gasteiger partial charge in [-0.15, -0.1) is 0 Å². The van der Waals surface area contributed by atoms with E-state index >= 15 is 0 Å². The summed E-state index contributed by atoms with van der Waals surface area (Å²) in [7, 11) is 0. The quantitative estimate of drug-likeness (QED) is 0.395. The van der Waals surface area contributed by atoms with Crippen LogP contribution in [0.1, 0.15) is 37.5 Å². The summed E-state index contributed by atoms with van der Waals surface area (Å²) < 4.78 is 0. The Kier molecular flexibility index (Phi) is 5.63.